The van der Waals surface area contributed by atoms with E-state index in [0.29, 0.717) is 11.0 Å². The van der Waals surface area contributed by atoms with Gasteiger partial charge in [0.1, 0.15) is 0 Å². The molecule has 3 rings (SSSR count). The summed E-state index contributed by atoms with van der Waals surface area (Å²) in [6.45, 7) is 6.62. The smallest absolute Gasteiger partial charge is 0.399 e. The van der Waals surface area contributed by atoms with Gasteiger partial charge in [0.2, 0.25) is 0 Å². The van der Waals surface area contributed by atoms with Crippen LogP contribution in [0.25, 0.3) is 0 Å². The maximum absolute atomic E-state index is 13.0. The number of carbonyl (C=O) groups excluding carboxylic acids is 1. The van der Waals surface area contributed by atoms with Crippen LogP contribution in [0.3, 0.4) is 0 Å². The summed E-state index contributed by atoms with van der Waals surface area (Å²) in [5, 5.41) is 0. The number of nitrogens with zero attached hydrogens (tertiary/aromatic N) is 1. The highest BCUT2D eigenvalue weighted by atomic mass is 19.3. The number of rotatable bonds is 2. The summed E-state index contributed by atoms with van der Waals surface area (Å²) in [5.41, 5.74) is -0.136. The number of alkyl halides is 2. The SMILES string of the molecule is CC1(C)OB(c2ccccc2C(=O)N2CC(F)(F)C2)OC1(C)C. The second-order valence-corrected chi connectivity index (χ2v) is 7.19. The molecule has 2 heterocycles. The molecule has 4 nitrogen and oxygen atoms in total. The number of halogens is 2. The first-order valence-electron chi connectivity index (χ1n) is 7.64. The number of hydrogen-bond acceptors (Lipinski definition) is 3. The monoisotopic (exact) mass is 323 g/mol. The van der Waals surface area contributed by atoms with E-state index < -0.39 is 43.2 Å². The van der Waals surface area contributed by atoms with Gasteiger partial charge >= 0.3 is 7.12 Å². The molecule has 2 saturated heterocycles. The van der Waals surface area contributed by atoms with Crippen LogP contribution < -0.4 is 5.46 Å². The van der Waals surface area contributed by atoms with Gasteiger partial charge in [-0.05, 0) is 39.2 Å². The first-order valence-corrected chi connectivity index (χ1v) is 7.64. The molecule has 2 fully saturated rings. The number of amides is 1. The lowest BCUT2D eigenvalue weighted by molar-refractivity contribution is -0.113. The zero-order valence-corrected chi connectivity index (χ0v) is 13.7. The fraction of sp³-hybridized carbons (Fsp3) is 0.562. The van der Waals surface area contributed by atoms with Crippen LogP contribution in [0.15, 0.2) is 24.3 Å². The zero-order valence-electron chi connectivity index (χ0n) is 13.7. The van der Waals surface area contributed by atoms with Crippen LogP contribution in [0, 0.1) is 0 Å². The van der Waals surface area contributed by atoms with Crippen LogP contribution in [0.2, 0.25) is 0 Å². The van der Waals surface area contributed by atoms with Crippen molar-refractivity contribution in [3.05, 3.63) is 29.8 Å². The van der Waals surface area contributed by atoms with Crippen molar-refractivity contribution in [3.8, 4) is 0 Å². The van der Waals surface area contributed by atoms with Crippen molar-refractivity contribution < 1.29 is 22.9 Å². The fourth-order valence-electron chi connectivity index (χ4n) is 2.69. The summed E-state index contributed by atoms with van der Waals surface area (Å²) < 4.78 is 38.0. The molecule has 0 unspecified atom stereocenters. The number of carbonyl (C=O) groups is 1. The van der Waals surface area contributed by atoms with Crippen molar-refractivity contribution in [1.82, 2.24) is 4.90 Å². The maximum Gasteiger partial charge on any atom is 0.495 e. The molecule has 0 atom stereocenters. The van der Waals surface area contributed by atoms with Crippen molar-refractivity contribution in [1.29, 1.82) is 0 Å². The van der Waals surface area contributed by atoms with E-state index in [9.17, 15) is 13.6 Å². The van der Waals surface area contributed by atoms with Gasteiger partial charge in [-0.2, -0.15) is 0 Å². The van der Waals surface area contributed by atoms with Gasteiger partial charge in [-0.15, -0.1) is 0 Å². The van der Waals surface area contributed by atoms with E-state index in [2.05, 4.69) is 0 Å². The van der Waals surface area contributed by atoms with Gasteiger partial charge in [-0.3, -0.25) is 4.79 Å². The molecule has 124 valence electrons. The van der Waals surface area contributed by atoms with Crippen LogP contribution in [0.1, 0.15) is 38.1 Å². The van der Waals surface area contributed by atoms with Gasteiger partial charge in [-0.1, -0.05) is 18.2 Å². The normalized spacial score (nSPS) is 24.4. The molecule has 1 amide bonds. The van der Waals surface area contributed by atoms with E-state index in [1.807, 2.05) is 27.7 Å². The molecule has 2 aliphatic heterocycles. The first-order chi connectivity index (χ1) is 10.5. The lowest BCUT2D eigenvalue weighted by atomic mass is 9.75. The molecule has 0 N–H and O–H groups in total. The summed E-state index contributed by atoms with van der Waals surface area (Å²) in [4.78, 5) is 13.6. The highest BCUT2D eigenvalue weighted by Gasteiger charge is 2.53. The maximum atomic E-state index is 13.0. The van der Waals surface area contributed by atoms with Crippen LogP contribution in [-0.4, -0.2) is 48.1 Å². The van der Waals surface area contributed by atoms with Crippen LogP contribution in [-0.2, 0) is 9.31 Å². The number of likely N-dealkylation sites (tertiary alicyclic amines) is 1. The fourth-order valence-corrected chi connectivity index (χ4v) is 2.69. The molecular formula is C16H20BF2NO3. The Balaban J connectivity index is 1.87. The molecule has 0 saturated carbocycles. The Morgan fingerprint density at radius 2 is 1.61 bits per heavy atom. The predicted molar refractivity (Wildman–Crippen MR) is 83.0 cm³/mol. The minimum absolute atomic E-state index is 0.349. The lowest BCUT2D eigenvalue weighted by Gasteiger charge is -2.39. The third kappa shape index (κ3) is 2.76. The van der Waals surface area contributed by atoms with Gasteiger partial charge in [0.05, 0.1) is 24.3 Å². The minimum atomic E-state index is -2.78. The molecule has 23 heavy (non-hydrogen) atoms. The van der Waals surface area contributed by atoms with E-state index in [-0.39, 0.29) is 0 Å². The molecule has 1 aromatic carbocycles. The van der Waals surface area contributed by atoms with Crippen LogP contribution in [0.4, 0.5) is 8.78 Å². The lowest BCUT2D eigenvalue weighted by Crippen LogP contribution is -2.59. The summed E-state index contributed by atoms with van der Waals surface area (Å²) in [5.74, 6) is -3.20. The first kappa shape index (κ1) is 16.4. The van der Waals surface area contributed by atoms with Gasteiger partial charge < -0.3 is 14.2 Å². The quantitative estimate of drug-likeness (QED) is 0.782. The Labute approximate surface area is 134 Å². The van der Waals surface area contributed by atoms with Crippen LogP contribution in [0.5, 0.6) is 0 Å². The van der Waals surface area contributed by atoms with Crippen molar-refractivity contribution in [2.24, 2.45) is 0 Å². The molecular weight excluding hydrogens is 303 g/mol. The zero-order chi connectivity index (χ0) is 17.0. The summed E-state index contributed by atoms with van der Waals surface area (Å²) >= 11 is 0. The van der Waals surface area contributed by atoms with Crippen molar-refractivity contribution in [3.63, 3.8) is 0 Å². The second kappa shape index (κ2) is 5.01. The molecule has 0 aliphatic carbocycles. The number of benzene rings is 1. The Bertz CT molecular complexity index is 624. The molecule has 0 radical (unpaired) electrons. The summed E-state index contributed by atoms with van der Waals surface area (Å²) in [6.07, 6.45) is 0. The van der Waals surface area contributed by atoms with Gasteiger partial charge in [0, 0.05) is 5.56 Å². The van der Waals surface area contributed by atoms with Crippen LogP contribution >= 0.6 is 0 Å². The average Bonchev–Trinajstić information content (AvgIpc) is 2.64. The topological polar surface area (TPSA) is 38.8 Å². The third-order valence-electron chi connectivity index (χ3n) is 4.83. The Hall–Kier alpha value is -1.47. The largest absolute Gasteiger partial charge is 0.495 e. The highest BCUT2D eigenvalue weighted by Crippen LogP contribution is 2.37. The molecule has 0 aromatic heterocycles. The predicted octanol–water partition coefficient (Wildman–Crippen LogP) is 2.08. The van der Waals surface area contributed by atoms with Gasteiger partial charge in [0.15, 0.2) is 0 Å². The van der Waals surface area contributed by atoms with E-state index in [1.54, 1.807) is 24.3 Å². The molecule has 2 aliphatic rings. The van der Waals surface area contributed by atoms with Crippen molar-refractivity contribution in [2.45, 2.75) is 44.8 Å². The second-order valence-electron chi connectivity index (χ2n) is 7.19. The Morgan fingerprint density at radius 1 is 1.09 bits per heavy atom. The average molecular weight is 323 g/mol. The molecule has 0 spiro atoms. The Morgan fingerprint density at radius 3 is 2.13 bits per heavy atom. The summed E-state index contributed by atoms with van der Waals surface area (Å²) in [7, 11) is -0.693. The van der Waals surface area contributed by atoms with E-state index in [0.717, 1.165) is 4.90 Å². The number of hydrogen-bond donors (Lipinski definition) is 0. The van der Waals surface area contributed by atoms with Gasteiger partial charge in [0.25, 0.3) is 11.8 Å². The Kier molecular flexibility index (Phi) is 3.57. The van der Waals surface area contributed by atoms with E-state index >= 15 is 0 Å². The van der Waals surface area contributed by atoms with E-state index in [1.165, 1.54) is 0 Å². The van der Waals surface area contributed by atoms with E-state index in [4.69, 9.17) is 9.31 Å². The molecule has 7 heteroatoms. The summed E-state index contributed by atoms with van der Waals surface area (Å²) in [6, 6.07) is 6.86. The molecule has 0 bridgehead atoms. The van der Waals surface area contributed by atoms with Gasteiger partial charge in [-0.25, -0.2) is 8.78 Å². The van der Waals surface area contributed by atoms with Crippen molar-refractivity contribution >= 4 is 18.5 Å². The minimum Gasteiger partial charge on any atom is -0.399 e. The third-order valence-corrected chi connectivity index (χ3v) is 4.83. The highest BCUT2D eigenvalue weighted by molar-refractivity contribution is 6.63. The molecule has 1 aromatic rings. The van der Waals surface area contributed by atoms with Crippen molar-refractivity contribution in [2.75, 3.05) is 13.1 Å². The standard InChI is InChI=1S/C16H20BF2NO3/c1-14(2)15(3,4)23-17(22-14)12-8-6-5-7-11(12)13(21)20-9-16(18,19)10-20/h5-8H,9-10H2,1-4H3.